The number of aromatic nitrogens is 2. The molecule has 0 spiro atoms. The van der Waals surface area contributed by atoms with E-state index >= 15 is 0 Å². The van der Waals surface area contributed by atoms with Gasteiger partial charge in [-0.1, -0.05) is 18.8 Å². The van der Waals surface area contributed by atoms with E-state index in [2.05, 4.69) is 50.0 Å². The summed E-state index contributed by atoms with van der Waals surface area (Å²) in [5.41, 5.74) is 0.796. The number of amides is 1. The van der Waals surface area contributed by atoms with Crippen molar-refractivity contribution in [2.45, 2.75) is 33.1 Å². The SMILES string of the molecule is CCCNc1nc(NCC)ncc1C#CCCCNC(=O)CNC. The Labute approximate surface area is 144 Å². The fraction of sp³-hybridized carbons (Fsp3) is 0.588. The van der Waals surface area contributed by atoms with Crippen molar-refractivity contribution in [1.29, 1.82) is 0 Å². The minimum atomic E-state index is 0.00363. The van der Waals surface area contributed by atoms with E-state index < -0.39 is 0 Å². The minimum Gasteiger partial charge on any atom is -0.369 e. The van der Waals surface area contributed by atoms with Crippen LogP contribution in [0.15, 0.2) is 6.20 Å². The third-order valence-corrected chi connectivity index (χ3v) is 3.03. The topological polar surface area (TPSA) is 91.0 Å². The fourth-order valence-corrected chi connectivity index (χ4v) is 1.88. The standard InChI is InChI=1S/C17H28N6O/c1-4-10-21-16-14(12-22-17(23-16)19-5-2)9-7-6-8-11-20-15(24)13-18-3/h12,18H,4-6,8,10-11,13H2,1-3H3,(H,20,24)(H2,19,21,22,23). The highest BCUT2D eigenvalue weighted by Crippen LogP contribution is 2.13. The van der Waals surface area contributed by atoms with E-state index in [1.54, 1.807) is 13.2 Å². The van der Waals surface area contributed by atoms with Crippen LogP contribution in [0, 0.1) is 11.8 Å². The molecule has 0 aliphatic heterocycles. The quantitative estimate of drug-likeness (QED) is 0.380. The summed E-state index contributed by atoms with van der Waals surface area (Å²) < 4.78 is 0. The van der Waals surface area contributed by atoms with E-state index in [0.29, 0.717) is 25.5 Å². The van der Waals surface area contributed by atoms with Crippen molar-refractivity contribution in [3.05, 3.63) is 11.8 Å². The Morgan fingerprint density at radius 2 is 2.08 bits per heavy atom. The Bertz CT molecular complexity index is 564. The molecule has 0 saturated carbocycles. The van der Waals surface area contributed by atoms with Crippen LogP contribution in [0.2, 0.25) is 0 Å². The summed E-state index contributed by atoms with van der Waals surface area (Å²) in [6, 6.07) is 0. The second-order valence-electron chi connectivity index (χ2n) is 5.20. The van der Waals surface area contributed by atoms with Gasteiger partial charge in [0.2, 0.25) is 11.9 Å². The summed E-state index contributed by atoms with van der Waals surface area (Å²) in [5, 5.41) is 12.0. The molecule has 0 aromatic carbocycles. The van der Waals surface area contributed by atoms with Gasteiger partial charge in [-0.25, -0.2) is 4.98 Å². The van der Waals surface area contributed by atoms with Crippen LogP contribution in [0.4, 0.5) is 11.8 Å². The van der Waals surface area contributed by atoms with Gasteiger partial charge in [-0.2, -0.15) is 4.98 Å². The highest BCUT2D eigenvalue weighted by Gasteiger charge is 2.04. The molecule has 1 aromatic heterocycles. The second kappa shape index (κ2) is 12.1. The summed E-state index contributed by atoms with van der Waals surface area (Å²) in [7, 11) is 1.75. The van der Waals surface area contributed by atoms with Crippen molar-refractivity contribution < 1.29 is 4.79 Å². The van der Waals surface area contributed by atoms with Crippen LogP contribution in [0.3, 0.4) is 0 Å². The fourth-order valence-electron chi connectivity index (χ4n) is 1.88. The van der Waals surface area contributed by atoms with Gasteiger partial charge in [-0.15, -0.1) is 0 Å². The third-order valence-electron chi connectivity index (χ3n) is 3.03. The molecule has 4 N–H and O–H groups in total. The van der Waals surface area contributed by atoms with Gasteiger partial charge >= 0.3 is 0 Å². The predicted octanol–water partition coefficient (Wildman–Crippen LogP) is 1.20. The first-order chi connectivity index (χ1) is 11.7. The summed E-state index contributed by atoms with van der Waals surface area (Å²) in [6.07, 6.45) is 4.28. The smallest absolute Gasteiger partial charge is 0.233 e. The average Bonchev–Trinajstić information content (AvgIpc) is 2.58. The Balaban J connectivity index is 2.55. The van der Waals surface area contributed by atoms with Crippen LogP contribution < -0.4 is 21.3 Å². The highest BCUT2D eigenvalue weighted by atomic mass is 16.1. The van der Waals surface area contributed by atoms with Gasteiger partial charge in [0.15, 0.2) is 0 Å². The molecule has 0 fully saturated rings. The van der Waals surface area contributed by atoms with Crippen molar-refractivity contribution >= 4 is 17.7 Å². The molecule has 0 radical (unpaired) electrons. The van der Waals surface area contributed by atoms with Crippen molar-refractivity contribution in [2.75, 3.05) is 43.9 Å². The van der Waals surface area contributed by atoms with E-state index in [9.17, 15) is 4.79 Å². The molecule has 1 amide bonds. The molecule has 7 nitrogen and oxygen atoms in total. The number of anilines is 2. The molecular formula is C17H28N6O. The molecule has 132 valence electrons. The summed E-state index contributed by atoms with van der Waals surface area (Å²) in [5.74, 6) is 7.60. The van der Waals surface area contributed by atoms with E-state index in [-0.39, 0.29) is 5.91 Å². The first-order valence-electron chi connectivity index (χ1n) is 8.46. The molecule has 1 aromatic rings. The van der Waals surface area contributed by atoms with Crippen molar-refractivity contribution in [3.8, 4) is 11.8 Å². The van der Waals surface area contributed by atoms with Gasteiger partial charge in [-0.3, -0.25) is 4.79 Å². The van der Waals surface area contributed by atoms with Gasteiger partial charge in [-0.05, 0) is 26.8 Å². The lowest BCUT2D eigenvalue weighted by Crippen LogP contribution is -2.32. The van der Waals surface area contributed by atoms with E-state index in [0.717, 1.165) is 37.3 Å². The molecule has 24 heavy (non-hydrogen) atoms. The molecular weight excluding hydrogens is 304 g/mol. The zero-order chi connectivity index (χ0) is 17.6. The number of nitrogens with zero attached hydrogens (tertiary/aromatic N) is 2. The Hall–Kier alpha value is -2.33. The molecule has 0 aliphatic carbocycles. The Morgan fingerprint density at radius 3 is 2.79 bits per heavy atom. The molecule has 0 aliphatic rings. The monoisotopic (exact) mass is 332 g/mol. The molecule has 0 atom stereocenters. The molecule has 0 saturated heterocycles. The normalized spacial score (nSPS) is 9.79. The van der Waals surface area contributed by atoms with Gasteiger partial charge in [0, 0.05) is 26.1 Å². The van der Waals surface area contributed by atoms with Crippen molar-refractivity contribution in [1.82, 2.24) is 20.6 Å². The van der Waals surface area contributed by atoms with Crippen LogP contribution in [0.25, 0.3) is 0 Å². The molecule has 7 heteroatoms. The predicted molar refractivity (Wildman–Crippen MR) is 98.0 cm³/mol. The van der Waals surface area contributed by atoms with Crippen LogP contribution in [0.5, 0.6) is 0 Å². The lowest BCUT2D eigenvalue weighted by Gasteiger charge is -2.08. The first kappa shape index (κ1) is 19.7. The number of nitrogens with one attached hydrogen (secondary N) is 4. The molecule has 0 unspecified atom stereocenters. The van der Waals surface area contributed by atoms with Gasteiger partial charge < -0.3 is 21.3 Å². The van der Waals surface area contributed by atoms with Crippen LogP contribution >= 0.6 is 0 Å². The Kier molecular flexibility index (Phi) is 9.97. The van der Waals surface area contributed by atoms with Crippen LogP contribution in [-0.4, -0.2) is 49.1 Å². The summed E-state index contributed by atoms with van der Waals surface area (Å²) in [6.45, 7) is 6.70. The Morgan fingerprint density at radius 1 is 1.25 bits per heavy atom. The number of unbranched alkanes of at least 4 members (excludes halogenated alkanes) is 1. The second-order valence-corrected chi connectivity index (χ2v) is 5.20. The molecule has 1 rings (SSSR count). The number of likely N-dealkylation sites (N-methyl/N-ethyl adjacent to an activating group) is 1. The summed E-state index contributed by atoms with van der Waals surface area (Å²) >= 11 is 0. The van der Waals surface area contributed by atoms with Gasteiger partial charge in [0.25, 0.3) is 0 Å². The lowest BCUT2D eigenvalue weighted by atomic mass is 10.2. The van der Waals surface area contributed by atoms with Crippen LogP contribution in [-0.2, 0) is 4.79 Å². The van der Waals surface area contributed by atoms with Crippen molar-refractivity contribution in [2.24, 2.45) is 0 Å². The average molecular weight is 332 g/mol. The lowest BCUT2D eigenvalue weighted by molar-refractivity contribution is -0.120. The number of carbonyl (C=O) groups excluding carboxylic acids is 1. The number of carbonyl (C=O) groups is 1. The number of hydrogen-bond acceptors (Lipinski definition) is 6. The van der Waals surface area contributed by atoms with E-state index in [1.807, 2.05) is 6.92 Å². The maximum absolute atomic E-state index is 11.3. The van der Waals surface area contributed by atoms with Crippen molar-refractivity contribution in [3.63, 3.8) is 0 Å². The molecule has 0 bridgehead atoms. The molecule has 1 heterocycles. The largest absolute Gasteiger partial charge is 0.369 e. The van der Waals surface area contributed by atoms with E-state index in [1.165, 1.54) is 0 Å². The van der Waals surface area contributed by atoms with Gasteiger partial charge in [0.1, 0.15) is 5.82 Å². The first-order valence-corrected chi connectivity index (χ1v) is 8.46. The zero-order valence-corrected chi connectivity index (χ0v) is 14.8. The summed E-state index contributed by atoms with van der Waals surface area (Å²) in [4.78, 5) is 20.0. The highest BCUT2D eigenvalue weighted by molar-refractivity contribution is 5.77. The maximum Gasteiger partial charge on any atom is 0.233 e. The van der Waals surface area contributed by atoms with Gasteiger partial charge in [0.05, 0.1) is 18.3 Å². The third kappa shape index (κ3) is 7.79. The zero-order valence-electron chi connectivity index (χ0n) is 14.8. The number of hydrogen-bond donors (Lipinski definition) is 4. The maximum atomic E-state index is 11.3. The van der Waals surface area contributed by atoms with E-state index in [4.69, 9.17) is 0 Å². The number of rotatable bonds is 10. The minimum absolute atomic E-state index is 0.00363. The van der Waals surface area contributed by atoms with Crippen LogP contribution in [0.1, 0.15) is 38.7 Å².